The smallest absolute Gasteiger partial charge is 0.162 e. The number of hydrogen-bond donors (Lipinski definition) is 0. The summed E-state index contributed by atoms with van der Waals surface area (Å²) >= 11 is 0. The van der Waals surface area contributed by atoms with Crippen molar-refractivity contribution in [3.63, 3.8) is 0 Å². The van der Waals surface area contributed by atoms with Crippen LogP contribution < -0.4 is 0 Å². The first kappa shape index (κ1) is 35.8. The van der Waals surface area contributed by atoms with Gasteiger partial charge in [0.25, 0.3) is 0 Å². The van der Waals surface area contributed by atoms with Gasteiger partial charge in [-0.1, -0.05) is 38.1 Å². The summed E-state index contributed by atoms with van der Waals surface area (Å²) in [6.07, 6.45) is 6.26. The molecule has 0 amide bonds. The van der Waals surface area contributed by atoms with Crippen molar-refractivity contribution in [2.45, 2.75) is 65.5 Å². The number of hydrogen-bond acceptors (Lipinski definition) is 4. The van der Waals surface area contributed by atoms with Gasteiger partial charge in [0, 0.05) is 38.2 Å². The van der Waals surface area contributed by atoms with Crippen LogP contribution in [0.2, 0.25) is 0 Å². The molecule has 39 heavy (non-hydrogen) atoms. The molecule has 220 valence electrons. The molecule has 0 bridgehead atoms. The van der Waals surface area contributed by atoms with Gasteiger partial charge in [0.2, 0.25) is 0 Å². The number of benzene rings is 2. The van der Waals surface area contributed by atoms with Crippen LogP contribution in [0.4, 0.5) is 4.39 Å². The highest BCUT2D eigenvalue weighted by Gasteiger charge is 2.21. The highest BCUT2D eigenvalue weighted by atomic mass is 35.5. The minimum absolute atomic E-state index is 0. The Balaban J connectivity index is 0.00000253. The number of aryl methyl sites for hydroxylation is 1. The fourth-order valence-corrected chi connectivity index (χ4v) is 5.79. The Hall–Kier alpha value is -1.21. The molecule has 0 atom stereocenters. The lowest BCUT2D eigenvalue weighted by molar-refractivity contribution is 0.0960. The Labute approximate surface area is 253 Å². The Morgan fingerprint density at radius 3 is 2.28 bits per heavy atom. The molecular formula is C31H47Cl3FN3O. The highest BCUT2D eigenvalue weighted by molar-refractivity contribution is 5.96. The zero-order valence-corrected chi connectivity index (χ0v) is 26.0. The number of fused-ring (bicyclic) bond motifs is 1. The second-order valence-electron chi connectivity index (χ2n) is 10.7. The predicted molar refractivity (Wildman–Crippen MR) is 168 cm³/mol. The van der Waals surface area contributed by atoms with Crippen LogP contribution in [0.25, 0.3) is 0 Å². The molecule has 1 saturated heterocycles. The molecule has 4 rings (SSSR count). The molecule has 0 unspecified atom stereocenters. The molecule has 2 aliphatic rings. The van der Waals surface area contributed by atoms with E-state index >= 15 is 0 Å². The Morgan fingerprint density at radius 1 is 0.923 bits per heavy atom. The van der Waals surface area contributed by atoms with Crippen molar-refractivity contribution < 1.29 is 9.18 Å². The van der Waals surface area contributed by atoms with E-state index in [-0.39, 0.29) is 48.8 Å². The molecule has 0 radical (unpaired) electrons. The standard InChI is InChI=1S/C31H44FN3O.3ClH/c1-3-33(4-2)20-21-34-18-15-25(16-19-34)9-14-31(36)28-11-10-27-6-5-17-35(24-29(27)22-28)23-26-7-12-30(32)13-8-26;;;/h7-8,10-13,22,25H,3-6,9,14-21,23-24H2,1-2H3;3*1H. The summed E-state index contributed by atoms with van der Waals surface area (Å²) in [5, 5.41) is 0. The van der Waals surface area contributed by atoms with Crippen LogP contribution in [0, 0.1) is 11.7 Å². The van der Waals surface area contributed by atoms with Gasteiger partial charge in [0.05, 0.1) is 0 Å². The monoisotopic (exact) mass is 601 g/mol. The van der Waals surface area contributed by atoms with E-state index in [0.29, 0.717) is 12.3 Å². The van der Waals surface area contributed by atoms with Gasteiger partial charge in [-0.25, -0.2) is 4.39 Å². The van der Waals surface area contributed by atoms with Crippen molar-refractivity contribution in [3.8, 4) is 0 Å². The van der Waals surface area contributed by atoms with Gasteiger partial charge < -0.3 is 9.80 Å². The number of nitrogens with zero attached hydrogens (tertiary/aromatic N) is 3. The van der Waals surface area contributed by atoms with Crippen molar-refractivity contribution in [3.05, 3.63) is 70.5 Å². The average molecular weight is 603 g/mol. The summed E-state index contributed by atoms with van der Waals surface area (Å²) in [6.45, 7) is 14.1. The maximum absolute atomic E-state index is 13.3. The van der Waals surface area contributed by atoms with Crippen LogP contribution >= 0.6 is 37.2 Å². The van der Waals surface area contributed by atoms with E-state index in [4.69, 9.17) is 0 Å². The van der Waals surface area contributed by atoms with Gasteiger partial charge >= 0.3 is 0 Å². The molecule has 0 aromatic heterocycles. The molecule has 0 spiro atoms. The first-order valence-corrected chi connectivity index (χ1v) is 14.1. The van der Waals surface area contributed by atoms with Gasteiger partial charge in [-0.3, -0.25) is 9.69 Å². The van der Waals surface area contributed by atoms with E-state index in [0.717, 1.165) is 69.7 Å². The van der Waals surface area contributed by atoms with Crippen LogP contribution in [-0.2, 0) is 19.5 Å². The molecule has 2 aliphatic heterocycles. The Morgan fingerprint density at radius 2 is 1.62 bits per heavy atom. The maximum Gasteiger partial charge on any atom is 0.162 e. The molecule has 8 heteroatoms. The van der Waals surface area contributed by atoms with E-state index in [1.807, 2.05) is 18.2 Å². The van der Waals surface area contributed by atoms with Gasteiger partial charge in [-0.05, 0) is 106 Å². The maximum atomic E-state index is 13.3. The van der Waals surface area contributed by atoms with E-state index in [1.54, 1.807) is 0 Å². The number of halogens is 4. The Kier molecular flexibility index (Phi) is 16.8. The first-order chi connectivity index (χ1) is 17.5. The van der Waals surface area contributed by atoms with Gasteiger partial charge in [-0.15, -0.1) is 37.2 Å². The molecule has 2 aromatic rings. The molecule has 0 N–H and O–H groups in total. The van der Waals surface area contributed by atoms with Crippen molar-refractivity contribution in [1.29, 1.82) is 0 Å². The van der Waals surface area contributed by atoms with Crippen molar-refractivity contribution in [2.75, 3.05) is 45.8 Å². The first-order valence-electron chi connectivity index (χ1n) is 14.1. The lowest BCUT2D eigenvalue weighted by Gasteiger charge is -2.33. The van der Waals surface area contributed by atoms with Crippen molar-refractivity contribution in [2.24, 2.45) is 5.92 Å². The summed E-state index contributed by atoms with van der Waals surface area (Å²) < 4.78 is 13.3. The summed E-state index contributed by atoms with van der Waals surface area (Å²) in [4.78, 5) is 20.6. The lowest BCUT2D eigenvalue weighted by atomic mass is 9.89. The quantitative estimate of drug-likeness (QED) is 0.257. The van der Waals surface area contributed by atoms with E-state index in [9.17, 15) is 9.18 Å². The normalized spacial score (nSPS) is 16.4. The number of piperidine rings is 1. The van der Waals surface area contributed by atoms with Gasteiger partial charge in [-0.2, -0.15) is 0 Å². The third-order valence-corrected chi connectivity index (χ3v) is 8.28. The number of carbonyl (C=O) groups is 1. The van der Waals surface area contributed by atoms with Gasteiger partial charge in [0.15, 0.2) is 5.78 Å². The third-order valence-electron chi connectivity index (χ3n) is 8.28. The largest absolute Gasteiger partial charge is 0.303 e. The SMILES string of the molecule is CCN(CC)CCN1CCC(CCC(=O)c2ccc3c(c2)CN(Cc2ccc(F)cc2)CCC3)CC1.Cl.Cl.Cl. The van der Waals surface area contributed by atoms with Crippen LogP contribution in [-0.4, -0.2) is 66.3 Å². The fourth-order valence-electron chi connectivity index (χ4n) is 5.79. The van der Waals surface area contributed by atoms with E-state index < -0.39 is 0 Å². The molecule has 1 fully saturated rings. The summed E-state index contributed by atoms with van der Waals surface area (Å²) in [6, 6.07) is 13.2. The molecule has 2 aromatic carbocycles. The number of ketones is 1. The van der Waals surface area contributed by atoms with Crippen LogP contribution in [0.5, 0.6) is 0 Å². The summed E-state index contributed by atoms with van der Waals surface area (Å²) in [5.41, 5.74) is 4.65. The minimum Gasteiger partial charge on any atom is -0.303 e. The fraction of sp³-hybridized carbons (Fsp3) is 0.581. The minimum atomic E-state index is -0.191. The second-order valence-corrected chi connectivity index (χ2v) is 10.7. The summed E-state index contributed by atoms with van der Waals surface area (Å²) in [7, 11) is 0. The van der Waals surface area contributed by atoms with Crippen LogP contribution in [0.3, 0.4) is 0 Å². The molecule has 0 saturated carbocycles. The number of rotatable bonds is 11. The third kappa shape index (κ3) is 10.9. The van der Waals surface area contributed by atoms with Crippen molar-refractivity contribution >= 4 is 43.0 Å². The lowest BCUT2D eigenvalue weighted by Crippen LogP contribution is -2.39. The summed E-state index contributed by atoms with van der Waals surface area (Å²) in [5.74, 6) is 0.769. The molecular weight excluding hydrogens is 556 g/mol. The van der Waals surface area contributed by atoms with Gasteiger partial charge in [0.1, 0.15) is 5.82 Å². The molecule has 2 heterocycles. The zero-order chi connectivity index (χ0) is 25.3. The number of Topliss-reactive ketones (excluding diaryl/α,β-unsaturated/α-hetero) is 1. The number of likely N-dealkylation sites (N-methyl/N-ethyl adjacent to an activating group) is 1. The topological polar surface area (TPSA) is 26.8 Å². The Bertz CT molecular complexity index is 980. The average Bonchev–Trinajstić information content (AvgIpc) is 3.11. The zero-order valence-electron chi connectivity index (χ0n) is 23.6. The number of likely N-dealkylation sites (tertiary alicyclic amines) is 1. The molecule has 0 aliphatic carbocycles. The van der Waals surface area contributed by atoms with Crippen LogP contribution in [0.15, 0.2) is 42.5 Å². The second kappa shape index (κ2) is 18.3. The van der Waals surface area contributed by atoms with Crippen molar-refractivity contribution in [1.82, 2.24) is 14.7 Å². The molecule has 4 nitrogen and oxygen atoms in total. The predicted octanol–water partition coefficient (Wildman–Crippen LogP) is 7.06. The van der Waals surface area contributed by atoms with E-state index in [1.165, 1.54) is 55.7 Å². The number of carbonyl (C=O) groups excluding carboxylic acids is 1. The highest BCUT2D eigenvalue weighted by Crippen LogP contribution is 2.25. The van der Waals surface area contributed by atoms with Crippen LogP contribution in [0.1, 0.15) is 73.0 Å². The van der Waals surface area contributed by atoms with E-state index in [2.05, 4.69) is 40.7 Å².